The predicted octanol–water partition coefficient (Wildman–Crippen LogP) is 7.43. The molecule has 0 amide bonds. The van der Waals surface area contributed by atoms with Crippen LogP contribution in [-0.4, -0.2) is 0 Å². The van der Waals surface area contributed by atoms with Crippen LogP contribution in [0, 0.1) is 5.92 Å². The van der Waals surface area contributed by atoms with E-state index >= 15 is 0 Å². The first kappa shape index (κ1) is 17.8. The van der Waals surface area contributed by atoms with Crippen LogP contribution in [0.4, 0.5) is 0 Å². The van der Waals surface area contributed by atoms with Crippen LogP contribution in [0.15, 0.2) is 12.2 Å². The highest BCUT2D eigenvalue weighted by molar-refractivity contribution is 4.81. The molecule has 118 valence electrons. The van der Waals surface area contributed by atoms with Gasteiger partial charge in [0.1, 0.15) is 0 Å². The molecular weight excluding hydrogens is 240 g/mol. The Morgan fingerprint density at radius 1 is 0.650 bits per heavy atom. The summed E-state index contributed by atoms with van der Waals surface area (Å²) in [6.07, 6.45) is 27.9. The van der Waals surface area contributed by atoms with Crippen molar-refractivity contribution in [1.29, 1.82) is 0 Å². The average molecular weight is 279 g/mol. The largest absolute Gasteiger partial charge is 0.0885 e. The van der Waals surface area contributed by atoms with Crippen molar-refractivity contribution in [3.8, 4) is 0 Å². The second-order valence-electron chi connectivity index (χ2n) is 6.82. The molecule has 0 N–H and O–H groups in total. The summed E-state index contributed by atoms with van der Waals surface area (Å²) in [6.45, 7) is 2.29. The molecule has 0 aromatic heterocycles. The zero-order chi connectivity index (χ0) is 14.3. The van der Waals surface area contributed by atoms with Crippen LogP contribution < -0.4 is 0 Å². The van der Waals surface area contributed by atoms with Crippen molar-refractivity contribution in [2.45, 2.75) is 110 Å². The third kappa shape index (κ3) is 12.8. The van der Waals surface area contributed by atoms with Gasteiger partial charge in [-0.25, -0.2) is 0 Å². The van der Waals surface area contributed by atoms with Crippen molar-refractivity contribution in [1.82, 2.24) is 0 Å². The highest BCUT2D eigenvalue weighted by atomic mass is 14.3. The molecule has 1 saturated carbocycles. The summed E-state index contributed by atoms with van der Waals surface area (Å²) in [6, 6.07) is 0. The van der Waals surface area contributed by atoms with Crippen molar-refractivity contribution in [3.05, 3.63) is 12.2 Å². The molecule has 0 spiro atoms. The second kappa shape index (κ2) is 13.7. The van der Waals surface area contributed by atoms with Gasteiger partial charge in [-0.15, -0.1) is 0 Å². The minimum absolute atomic E-state index is 1.14. The van der Waals surface area contributed by atoms with E-state index in [0.29, 0.717) is 0 Å². The van der Waals surface area contributed by atoms with Gasteiger partial charge >= 0.3 is 0 Å². The van der Waals surface area contributed by atoms with E-state index in [1.54, 1.807) is 0 Å². The zero-order valence-corrected chi connectivity index (χ0v) is 14.0. The Morgan fingerprint density at radius 2 is 1.15 bits per heavy atom. The maximum atomic E-state index is 2.43. The Labute approximate surface area is 128 Å². The predicted molar refractivity (Wildman–Crippen MR) is 92.2 cm³/mol. The van der Waals surface area contributed by atoms with Crippen LogP contribution in [-0.2, 0) is 0 Å². The summed E-state index contributed by atoms with van der Waals surface area (Å²) in [7, 11) is 0. The minimum Gasteiger partial charge on any atom is -0.0885 e. The summed E-state index contributed by atoms with van der Waals surface area (Å²) >= 11 is 0. The SMILES string of the molecule is CCCCCCCC/C=C\CCCCCCCC1CC1. The maximum Gasteiger partial charge on any atom is -0.0351 e. The zero-order valence-electron chi connectivity index (χ0n) is 14.0. The van der Waals surface area contributed by atoms with Crippen LogP contribution in [0.3, 0.4) is 0 Å². The summed E-state index contributed by atoms with van der Waals surface area (Å²) in [4.78, 5) is 0. The third-order valence-corrected chi connectivity index (χ3v) is 4.57. The first-order valence-electron chi connectivity index (χ1n) is 9.58. The van der Waals surface area contributed by atoms with E-state index in [1.807, 2.05) is 0 Å². The Balaban J connectivity index is 1.67. The van der Waals surface area contributed by atoms with Crippen LogP contribution in [0.1, 0.15) is 110 Å². The van der Waals surface area contributed by atoms with Gasteiger partial charge in [0.05, 0.1) is 0 Å². The van der Waals surface area contributed by atoms with Gasteiger partial charge in [0.2, 0.25) is 0 Å². The minimum atomic E-state index is 1.14. The lowest BCUT2D eigenvalue weighted by Gasteiger charge is -2.00. The average Bonchev–Trinajstić information content (AvgIpc) is 3.27. The molecular formula is C20H38. The number of hydrogen-bond acceptors (Lipinski definition) is 0. The molecule has 1 aliphatic rings. The van der Waals surface area contributed by atoms with Crippen LogP contribution in [0.5, 0.6) is 0 Å². The fourth-order valence-corrected chi connectivity index (χ4v) is 2.91. The lowest BCUT2D eigenvalue weighted by Crippen LogP contribution is -1.81. The van der Waals surface area contributed by atoms with Crippen LogP contribution >= 0.6 is 0 Å². The topological polar surface area (TPSA) is 0 Å². The van der Waals surface area contributed by atoms with Gasteiger partial charge in [-0.1, -0.05) is 96.1 Å². The smallest absolute Gasteiger partial charge is 0.0351 e. The summed E-state index contributed by atoms with van der Waals surface area (Å²) in [5.74, 6) is 1.14. The molecule has 0 aliphatic heterocycles. The fourth-order valence-electron chi connectivity index (χ4n) is 2.91. The summed E-state index contributed by atoms with van der Waals surface area (Å²) < 4.78 is 0. The molecule has 20 heavy (non-hydrogen) atoms. The Bertz CT molecular complexity index is 212. The van der Waals surface area contributed by atoms with Gasteiger partial charge in [-0.2, -0.15) is 0 Å². The lowest BCUT2D eigenvalue weighted by atomic mass is 10.1. The van der Waals surface area contributed by atoms with Gasteiger partial charge in [0.25, 0.3) is 0 Å². The van der Waals surface area contributed by atoms with Crippen molar-refractivity contribution < 1.29 is 0 Å². The molecule has 0 heterocycles. The first-order chi connectivity index (χ1) is 9.93. The molecule has 0 saturated heterocycles. The fraction of sp³-hybridized carbons (Fsp3) is 0.900. The van der Waals surface area contributed by atoms with Gasteiger partial charge in [0.15, 0.2) is 0 Å². The number of hydrogen-bond donors (Lipinski definition) is 0. The molecule has 0 radical (unpaired) electrons. The van der Waals surface area contributed by atoms with Crippen LogP contribution in [0.2, 0.25) is 0 Å². The first-order valence-corrected chi connectivity index (χ1v) is 9.58. The van der Waals surface area contributed by atoms with Crippen LogP contribution in [0.25, 0.3) is 0 Å². The molecule has 0 unspecified atom stereocenters. The second-order valence-corrected chi connectivity index (χ2v) is 6.82. The molecule has 0 nitrogen and oxygen atoms in total. The number of unbranched alkanes of at least 4 members (excludes halogenated alkanes) is 11. The molecule has 0 atom stereocenters. The van der Waals surface area contributed by atoms with Crippen molar-refractivity contribution in [2.75, 3.05) is 0 Å². The van der Waals surface area contributed by atoms with E-state index in [-0.39, 0.29) is 0 Å². The Kier molecular flexibility index (Phi) is 12.2. The monoisotopic (exact) mass is 278 g/mol. The van der Waals surface area contributed by atoms with Crippen molar-refractivity contribution in [3.63, 3.8) is 0 Å². The highest BCUT2D eigenvalue weighted by Gasteiger charge is 2.19. The molecule has 0 heteroatoms. The summed E-state index contributed by atoms with van der Waals surface area (Å²) in [5.41, 5.74) is 0. The van der Waals surface area contributed by atoms with Crippen molar-refractivity contribution >= 4 is 0 Å². The number of rotatable bonds is 15. The van der Waals surface area contributed by atoms with E-state index in [9.17, 15) is 0 Å². The summed E-state index contributed by atoms with van der Waals surface area (Å²) in [5, 5.41) is 0. The molecule has 0 aromatic rings. The Morgan fingerprint density at radius 3 is 1.70 bits per heavy atom. The molecule has 0 aromatic carbocycles. The molecule has 1 aliphatic carbocycles. The third-order valence-electron chi connectivity index (χ3n) is 4.57. The normalized spacial score (nSPS) is 15.2. The maximum absolute atomic E-state index is 2.43. The van der Waals surface area contributed by atoms with Gasteiger partial charge in [-0.3, -0.25) is 0 Å². The lowest BCUT2D eigenvalue weighted by molar-refractivity contribution is 0.573. The Hall–Kier alpha value is -0.260. The van der Waals surface area contributed by atoms with Gasteiger partial charge in [-0.05, 0) is 31.6 Å². The van der Waals surface area contributed by atoms with Gasteiger partial charge < -0.3 is 0 Å². The van der Waals surface area contributed by atoms with E-state index in [2.05, 4.69) is 19.1 Å². The van der Waals surface area contributed by atoms with E-state index in [1.165, 1.54) is 103 Å². The standard InChI is InChI=1S/C20H38/c1-2-3-4-5-6-7-8-9-10-11-12-13-14-15-16-17-20-18-19-20/h9-10,20H,2-8,11-19H2,1H3/b10-9-. The van der Waals surface area contributed by atoms with E-state index in [4.69, 9.17) is 0 Å². The quantitative estimate of drug-likeness (QED) is 0.216. The van der Waals surface area contributed by atoms with Crippen molar-refractivity contribution in [2.24, 2.45) is 5.92 Å². The highest BCUT2D eigenvalue weighted by Crippen LogP contribution is 2.34. The van der Waals surface area contributed by atoms with E-state index < -0.39 is 0 Å². The van der Waals surface area contributed by atoms with E-state index in [0.717, 1.165) is 5.92 Å². The molecule has 1 rings (SSSR count). The molecule has 0 bridgehead atoms. The molecule has 1 fully saturated rings. The number of allylic oxidation sites excluding steroid dienone is 2. The van der Waals surface area contributed by atoms with Gasteiger partial charge in [0, 0.05) is 0 Å².